The van der Waals surface area contributed by atoms with Crippen molar-refractivity contribution in [2.24, 2.45) is 0 Å². The second-order valence-electron chi connectivity index (χ2n) is 6.23. The van der Waals surface area contributed by atoms with Gasteiger partial charge in [0.15, 0.2) is 0 Å². The Balaban J connectivity index is 2.83. The van der Waals surface area contributed by atoms with E-state index in [9.17, 15) is 29.9 Å². The highest BCUT2D eigenvalue weighted by Gasteiger charge is 2.25. The summed E-state index contributed by atoms with van der Waals surface area (Å²) < 4.78 is 4.97. The van der Waals surface area contributed by atoms with Crippen LogP contribution in [0.3, 0.4) is 0 Å². The lowest BCUT2D eigenvalue weighted by Gasteiger charge is -2.22. The van der Waals surface area contributed by atoms with E-state index in [4.69, 9.17) is 9.84 Å². The summed E-state index contributed by atoms with van der Waals surface area (Å²) in [5.74, 6) is -1.54. The molecule has 1 aromatic carbocycles. The average Bonchev–Trinajstić information content (AvgIpc) is 2.49. The molecule has 1 rings (SSSR count). The first-order valence-corrected chi connectivity index (χ1v) is 7.27. The monoisotopic (exact) mass is 356 g/mol. The second kappa shape index (κ2) is 7.90. The first kappa shape index (κ1) is 20.3. The maximum absolute atomic E-state index is 11.5. The summed E-state index contributed by atoms with van der Waals surface area (Å²) in [6.07, 6.45) is -3.84. The van der Waals surface area contributed by atoms with E-state index in [0.717, 1.165) is 18.2 Å². The van der Waals surface area contributed by atoms with Crippen molar-refractivity contribution in [1.82, 2.24) is 5.32 Å². The third kappa shape index (κ3) is 6.01. The summed E-state index contributed by atoms with van der Waals surface area (Å²) >= 11 is 0. The molecule has 1 aromatic rings. The molecule has 10 nitrogen and oxygen atoms in total. The van der Waals surface area contributed by atoms with Crippen molar-refractivity contribution in [3.05, 3.63) is 39.4 Å². The summed E-state index contributed by atoms with van der Waals surface area (Å²) in [6, 6.07) is 2.96. The van der Waals surface area contributed by atoms with Gasteiger partial charge in [-0.1, -0.05) is 0 Å². The number of aliphatic hydroxyl groups is 2. The molecule has 2 atom stereocenters. The summed E-state index contributed by atoms with van der Waals surface area (Å²) in [4.78, 5) is 32.5. The van der Waals surface area contributed by atoms with Gasteiger partial charge in [-0.25, -0.2) is 9.59 Å². The quantitative estimate of drug-likeness (QED) is 0.437. The van der Waals surface area contributed by atoms with Crippen LogP contribution in [-0.2, 0) is 4.74 Å². The van der Waals surface area contributed by atoms with Crippen molar-refractivity contribution in [2.45, 2.75) is 38.6 Å². The normalized spacial score (nSPS) is 13.6. The number of aliphatic hydroxyl groups excluding tert-OH is 2. The zero-order chi connectivity index (χ0) is 19.4. The van der Waals surface area contributed by atoms with Crippen molar-refractivity contribution in [3.63, 3.8) is 0 Å². The number of carboxylic acid groups (broad SMARTS) is 1. The molecular formula is C15H20N2O8. The molecule has 0 heterocycles. The van der Waals surface area contributed by atoms with Crippen LogP contribution in [0, 0.1) is 10.1 Å². The number of ether oxygens (including phenoxy) is 1. The molecule has 1 amide bonds. The van der Waals surface area contributed by atoms with Crippen LogP contribution in [0.2, 0.25) is 0 Å². The van der Waals surface area contributed by atoms with E-state index in [0.29, 0.717) is 0 Å². The fourth-order valence-corrected chi connectivity index (χ4v) is 1.90. The van der Waals surface area contributed by atoms with Crippen LogP contribution in [0.15, 0.2) is 18.2 Å². The lowest BCUT2D eigenvalue weighted by molar-refractivity contribution is -0.385. The molecule has 25 heavy (non-hydrogen) atoms. The second-order valence-corrected chi connectivity index (χ2v) is 6.23. The van der Waals surface area contributed by atoms with E-state index in [-0.39, 0.29) is 12.1 Å². The summed E-state index contributed by atoms with van der Waals surface area (Å²) in [6.45, 7) is 4.60. The van der Waals surface area contributed by atoms with Gasteiger partial charge >= 0.3 is 12.1 Å². The summed E-state index contributed by atoms with van der Waals surface area (Å²) in [5.41, 5.74) is -2.03. The molecule has 0 bridgehead atoms. The molecule has 0 spiro atoms. The van der Waals surface area contributed by atoms with Gasteiger partial charge in [0, 0.05) is 12.6 Å². The van der Waals surface area contributed by atoms with Crippen LogP contribution in [0.25, 0.3) is 0 Å². The number of hydrogen-bond acceptors (Lipinski definition) is 7. The number of amides is 1. The highest BCUT2D eigenvalue weighted by Crippen LogP contribution is 2.25. The fourth-order valence-electron chi connectivity index (χ4n) is 1.90. The number of aromatic carboxylic acids is 1. The SMILES string of the molecule is CC(C)(C)OC(=O)NCC(O)C(O)c1ccc([N+](=O)[O-])c(C(=O)O)c1. The third-order valence-corrected chi connectivity index (χ3v) is 3.01. The number of benzene rings is 1. The Morgan fingerprint density at radius 2 is 1.92 bits per heavy atom. The van der Waals surface area contributed by atoms with E-state index < -0.39 is 46.0 Å². The Labute approximate surface area is 143 Å². The highest BCUT2D eigenvalue weighted by molar-refractivity contribution is 5.92. The Hall–Kier alpha value is -2.72. The van der Waals surface area contributed by atoms with Crippen LogP contribution in [-0.4, -0.2) is 50.6 Å². The van der Waals surface area contributed by atoms with Crippen LogP contribution in [0.1, 0.15) is 42.8 Å². The topological polar surface area (TPSA) is 159 Å². The smallest absolute Gasteiger partial charge is 0.407 e. The number of alkyl carbamates (subject to hydrolysis) is 1. The van der Waals surface area contributed by atoms with Gasteiger partial charge in [-0.15, -0.1) is 0 Å². The molecule has 138 valence electrons. The molecule has 0 aliphatic heterocycles. The number of carboxylic acids is 1. The molecule has 4 N–H and O–H groups in total. The van der Waals surface area contributed by atoms with Gasteiger partial charge in [0.2, 0.25) is 0 Å². The highest BCUT2D eigenvalue weighted by atomic mass is 16.6. The van der Waals surface area contributed by atoms with E-state index in [1.54, 1.807) is 20.8 Å². The number of nitrogens with one attached hydrogen (secondary N) is 1. The standard InChI is InChI=1S/C15H20N2O8/c1-15(2,3)25-14(22)16-7-11(18)12(19)8-4-5-10(17(23)24)9(6-8)13(20)21/h4-6,11-12,18-19H,7H2,1-3H3,(H,16,22)(H,20,21). The fraction of sp³-hybridized carbons (Fsp3) is 0.467. The van der Waals surface area contributed by atoms with Crippen LogP contribution >= 0.6 is 0 Å². The molecule has 0 aliphatic rings. The minimum Gasteiger partial charge on any atom is -0.477 e. The average molecular weight is 356 g/mol. The molecule has 0 saturated heterocycles. The van der Waals surface area contributed by atoms with E-state index in [2.05, 4.69) is 5.32 Å². The number of nitrogens with zero attached hydrogens (tertiary/aromatic N) is 1. The van der Waals surface area contributed by atoms with Gasteiger partial charge in [-0.2, -0.15) is 0 Å². The molecule has 0 fully saturated rings. The number of carbonyl (C=O) groups excluding carboxylic acids is 1. The minimum absolute atomic E-state index is 0.0403. The molecule has 0 saturated carbocycles. The van der Waals surface area contributed by atoms with Gasteiger partial charge in [0.25, 0.3) is 5.69 Å². The zero-order valence-corrected chi connectivity index (χ0v) is 13.9. The third-order valence-electron chi connectivity index (χ3n) is 3.01. The molecule has 0 radical (unpaired) electrons. The number of hydrogen-bond donors (Lipinski definition) is 4. The predicted octanol–water partition coefficient (Wildman–Crippen LogP) is 1.21. The van der Waals surface area contributed by atoms with Crippen LogP contribution < -0.4 is 5.32 Å². The van der Waals surface area contributed by atoms with Gasteiger partial charge in [-0.05, 0) is 38.5 Å². The van der Waals surface area contributed by atoms with E-state index >= 15 is 0 Å². The predicted molar refractivity (Wildman–Crippen MR) is 85.3 cm³/mol. The first-order chi connectivity index (χ1) is 11.4. The Bertz CT molecular complexity index is 668. The Morgan fingerprint density at radius 3 is 2.40 bits per heavy atom. The number of nitro benzene ring substituents is 1. The number of nitro groups is 1. The Morgan fingerprint density at radius 1 is 1.32 bits per heavy atom. The molecule has 2 unspecified atom stereocenters. The van der Waals surface area contributed by atoms with E-state index in [1.165, 1.54) is 0 Å². The summed E-state index contributed by atoms with van der Waals surface area (Å²) in [5, 5.41) is 42.1. The largest absolute Gasteiger partial charge is 0.477 e. The number of carbonyl (C=O) groups is 2. The van der Waals surface area contributed by atoms with Crippen LogP contribution in [0.4, 0.5) is 10.5 Å². The Kier molecular flexibility index (Phi) is 6.42. The van der Waals surface area contributed by atoms with Crippen molar-refractivity contribution in [3.8, 4) is 0 Å². The lowest BCUT2D eigenvalue weighted by Crippen LogP contribution is -2.38. The minimum atomic E-state index is -1.56. The van der Waals surface area contributed by atoms with Crippen molar-refractivity contribution >= 4 is 17.7 Å². The van der Waals surface area contributed by atoms with Crippen LogP contribution in [0.5, 0.6) is 0 Å². The maximum atomic E-state index is 11.5. The summed E-state index contributed by atoms with van der Waals surface area (Å²) in [7, 11) is 0. The lowest BCUT2D eigenvalue weighted by atomic mass is 10.0. The van der Waals surface area contributed by atoms with Gasteiger partial charge in [0.05, 0.1) is 4.92 Å². The molecule has 10 heteroatoms. The molecule has 0 aromatic heterocycles. The van der Waals surface area contributed by atoms with Gasteiger partial charge < -0.3 is 25.4 Å². The maximum Gasteiger partial charge on any atom is 0.407 e. The van der Waals surface area contributed by atoms with E-state index in [1.807, 2.05) is 0 Å². The first-order valence-electron chi connectivity index (χ1n) is 7.27. The van der Waals surface area contributed by atoms with Crippen molar-refractivity contribution < 1.29 is 34.6 Å². The van der Waals surface area contributed by atoms with Gasteiger partial charge in [0.1, 0.15) is 23.4 Å². The van der Waals surface area contributed by atoms with Crippen molar-refractivity contribution in [2.75, 3.05) is 6.54 Å². The molecule has 0 aliphatic carbocycles. The molecular weight excluding hydrogens is 336 g/mol. The van der Waals surface area contributed by atoms with Crippen molar-refractivity contribution in [1.29, 1.82) is 0 Å². The zero-order valence-electron chi connectivity index (χ0n) is 13.9. The van der Waals surface area contributed by atoms with Gasteiger partial charge in [-0.3, -0.25) is 10.1 Å². The number of rotatable bonds is 6.